The van der Waals surface area contributed by atoms with Crippen molar-refractivity contribution in [3.8, 4) is 11.5 Å². The molecule has 3 rings (SSSR count). The Morgan fingerprint density at radius 1 is 1.24 bits per heavy atom. The molecular formula is C17H19FN2O. The molecule has 0 bridgehead atoms. The first-order valence-electron chi connectivity index (χ1n) is 7.25. The monoisotopic (exact) mass is 286 g/mol. The van der Waals surface area contributed by atoms with E-state index < -0.39 is 0 Å². The molecule has 2 aromatic rings. The molecule has 4 heteroatoms. The number of rotatable bonds is 5. The van der Waals surface area contributed by atoms with Gasteiger partial charge < -0.3 is 10.1 Å². The van der Waals surface area contributed by atoms with Crippen molar-refractivity contribution in [1.29, 1.82) is 0 Å². The summed E-state index contributed by atoms with van der Waals surface area (Å²) in [4.78, 5) is 4.34. The smallest absolute Gasteiger partial charge is 0.135 e. The number of aromatic nitrogens is 1. The molecule has 1 aliphatic carbocycles. The summed E-state index contributed by atoms with van der Waals surface area (Å²) in [7, 11) is 0. The predicted octanol–water partition coefficient (Wildman–Crippen LogP) is 3.88. The molecule has 1 heterocycles. The molecule has 0 radical (unpaired) electrons. The molecule has 1 aliphatic rings. The molecule has 1 fully saturated rings. The molecular weight excluding hydrogens is 267 g/mol. The zero-order valence-electron chi connectivity index (χ0n) is 12.3. The summed E-state index contributed by atoms with van der Waals surface area (Å²) in [6.07, 6.45) is 4.33. The minimum absolute atomic E-state index is 0.249. The van der Waals surface area contributed by atoms with E-state index in [1.807, 2.05) is 26.1 Å². The number of benzene rings is 1. The number of halogens is 1. The van der Waals surface area contributed by atoms with Gasteiger partial charge in [0.15, 0.2) is 0 Å². The van der Waals surface area contributed by atoms with Crippen LogP contribution in [0.3, 0.4) is 0 Å². The number of nitrogens with zero attached hydrogens (tertiary/aromatic N) is 1. The molecule has 1 N–H and O–H groups in total. The Morgan fingerprint density at radius 3 is 2.76 bits per heavy atom. The van der Waals surface area contributed by atoms with E-state index in [9.17, 15) is 4.39 Å². The van der Waals surface area contributed by atoms with E-state index in [0.717, 1.165) is 29.1 Å². The van der Waals surface area contributed by atoms with Gasteiger partial charge in [0.25, 0.3) is 0 Å². The first-order valence-corrected chi connectivity index (χ1v) is 7.25. The second-order valence-electron chi connectivity index (χ2n) is 5.60. The summed E-state index contributed by atoms with van der Waals surface area (Å²) in [6, 6.07) is 7.11. The van der Waals surface area contributed by atoms with Gasteiger partial charge in [-0.05, 0) is 50.5 Å². The van der Waals surface area contributed by atoms with E-state index in [0.29, 0.717) is 11.8 Å². The van der Waals surface area contributed by atoms with Crippen LogP contribution in [0.15, 0.2) is 30.5 Å². The Balaban J connectivity index is 1.83. The number of aryl methyl sites for hydroxylation is 2. The predicted molar refractivity (Wildman–Crippen MR) is 80.0 cm³/mol. The van der Waals surface area contributed by atoms with Crippen molar-refractivity contribution in [3.05, 3.63) is 53.1 Å². The largest absolute Gasteiger partial charge is 0.457 e. The van der Waals surface area contributed by atoms with Crippen LogP contribution >= 0.6 is 0 Å². The molecule has 0 aliphatic heterocycles. The van der Waals surface area contributed by atoms with Crippen molar-refractivity contribution in [2.75, 3.05) is 0 Å². The van der Waals surface area contributed by atoms with E-state index in [1.165, 1.54) is 25.0 Å². The van der Waals surface area contributed by atoms with E-state index in [1.54, 1.807) is 6.07 Å². The summed E-state index contributed by atoms with van der Waals surface area (Å²) in [6.45, 7) is 4.52. The zero-order valence-corrected chi connectivity index (χ0v) is 12.3. The minimum Gasteiger partial charge on any atom is -0.457 e. The molecule has 1 saturated carbocycles. The highest BCUT2D eigenvalue weighted by molar-refractivity contribution is 5.41. The second-order valence-corrected chi connectivity index (χ2v) is 5.60. The van der Waals surface area contributed by atoms with E-state index >= 15 is 0 Å². The SMILES string of the molecule is Cc1cc(Oc2ccc(F)cc2C)c(CNC2CC2)cn1. The summed E-state index contributed by atoms with van der Waals surface area (Å²) >= 11 is 0. The van der Waals surface area contributed by atoms with Crippen molar-refractivity contribution in [2.45, 2.75) is 39.3 Å². The average molecular weight is 286 g/mol. The second kappa shape index (κ2) is 5.82. The number of pyridine rings is 1. The van der Waals surface area contributed by atoms with Gasteiger partial charge in [0.05, 0.1) is 0 Å². The molecule has 110 valence electrons. The van der Waals surface area contributed by atoms with Gasteiger partial charge in [0.2, 0.25) is 0 Å². The van der Waals surface area contributed by atoms with Crippen LogP contribution in [0.1, 0.15) is 29.7 Å². The fourth-order valence-corrected chi connectivity index (χ4v) is 2.18. The zero-order chi connectivity index (χ0) is 14.8. The Kier molecular flexibility index (Phi) is 3.88. The van der Waals surface area contributed by atoms with E-state index in [4.69, 9.17) is 4.74 Å². The Morgan fingerprint density at radius 2 is 2.05 bits per heavy atom. The minimum atomic E-state index is -0.249. The normalized spacial score (nSPS) is 14.2. The van der Waals surface area contributed by atoms with Crippen molar-refractivity contribution < 1.29 is 9.13 Å². The lowest BCUT2D eigenvalue weighted by molar-refractivity contribution is 0.465. The van der Waals surface area contributed by atoms with Crippen molar-refractivity contribution in [1.82, 2.24) is 10.3 Å². The van der Waals surface area contributed by atoms with Gasteiger partial charge in [-0.3, -0.25) is 4.98 Å². The van der Waals surface area contributed by atoms with Gasteiger partial charge in [-0.25, -0.2) is 4.39 Å². The highest BCUT2D eigenvalue weighted by Gasteiger charge is 2.21. The Hall–Kier alpha value is -1.94. The topological polar surface area (TPSA) is 34.1 Å². The van der Waals surface area contributed by atoms with Gasteiger partial charge in [0.1, 0.15) is 17.3 Å². The van der Waals surface area contributed by atoms with Crippen molar-refractivity contribution in [3.63, 3.8) is 0 Å². The van der Waals surface area contributed by atoms with Crippen LogP contribution in [0.5, 0.6) is 11.5 Å². The highest BCUT2D eigenvalue weighted by Crippen LogP contribution is 2.29. The molecule has 0 amide bonds. The number of ether oxygens (including phenoxy) is 1. The lowest BCUT2D eigenvalue weighted by Crippen LogP contribution is -2.16. The Labute approximate surface area is 124 Å². The molecule has 0 unspecified atom stereocenters. The van der Waals surface area contributed by atoms with Crippen LogP contribution in [0, 0.1) is 19.7 Å². The van der Waals surface area contributed by atoms with Crippen LogP contribution in [-0.4, -0.2) is 11.0 Å². The summed E-state index contributed by atoms with van der Waals surface area (Å²) in [5.41, 5.74) is 2.71. The standard InChI is InChI=1S/C17H19FN2O/c1-11-7-14(18)3-6-16(11)21-17-8-12(2)19-9-13(17)10-20-15-4-5-15/h3,6-9,15,20H,4-5,10H2,1-2H3. The van der Waals surface area contributed by atoms with Gasteiger partial charge in [-0.1, -0.05) is 0 Å². The summed E-state index contributed by atoms with van der Waals surface area (Å²) in [5.74, 6) is 1.21. The van der Waals surface area contributed by atoms with E-state index in [-0.39, 0.29) is 5.82 Å². The van der Waals surface area contributed by atoms with E-state index in [2.05, 4.69) is 10.3 Å². The van der Waals surface area contributed by atoms with Crippen LogP contribution in [0.2, 0.25) is 0 Å². The average Bonchev–Trinajstić information content (AvgIpc) is 3.25. The molecule has 0 atom stereocenters. The number of hydrogen-bond acceptors (Lipinski definition) is 3. The van der Waals surface area contributed by atoms with Crippen molar-refractivity contribution >= 4 is 0 Å². The molecule has 0 saturated heterocycles. The first-order chi connectivity index (χ1) is 10.1. The quantitative estimate of drug-likeness (QED) is 0.905. The molecule has 1 aromatic heterocycles. The van der Waals surface area contributed by atoms with Gasteiger partial charge in [-0.2, -0.15) is 0 Å². The maximum atomic E-state index is 13.2. The van der Waals surface area contributed by atoms with Crippen molar-refractivity contribution in [2.24, 2.45) is 0 Å². The third-order valence-electron chi connectivity index (χ3n) is 3.60. The lowest BCUT2D eigenvalue weighted by Gasteiger charge is -2.14. The molecule has 1 aromatic carbocycles. The maximum absolute atomic E-state index is 13.2. The van der Waals surface area contributed by atoms with Crippen LogP contribution in [0.25, 0.3) is 0 Å². The summed E-state index contributed by atoms with van der Waals surface area (Å²) < 4.78 is 19.2. The van der Waals surface area contributed by atoms with Crippen LogP contribution < -0.4 is 10.1 Å². The highest BCUT2D eigenvalue weighted by atomic mass is 19.1. The first kappa shape index (κ1) is 14.0. The van der Waals surface area contributed by atoms with Gasteiger partial charge in [0, 0.05) is 36.1 Å². The summed E-state index contributed by atoms with van der Waals surface area (Å²) in [5, 5.41) is 3.46. The van der Waals surface area contributed by atoms with Crippen LogP contribution in [0.4, 0.5) is 4.39 Å². The van der Waals surface area contributed by atoms with Gasteiger partial charge in [-0.15, -0.1) is 0 Å². The number of nitrogens with one attached hydrogen (secondary N) is 1. The Bertz CT molecular complexity index is 653. The lowest BCUT2D eigenvalue weighted by atomic mass is 10.2. The van der Waals surface area contributed by atoms with Crippen LogP contribution in [-0.2, 0) is 6.54 Å². The maximum Gasteiger partial charge on any atom is 0.135 e. The fraction of sp³-hybridized carbons (Fsp3) is 0.353. The molecule has 21 heavy (non-hydrogen) atoms. The fourth-order valence-electron chi connectivity index (χ4n) is 2.18. The van der Waals surface area contributed by atoms with Gasteiger partial charge >= 0.3 is 0 Å². The third-order valence-corrected chi connectivity index (χ3v) is 3.60. The molecule has 0 spiro atoms. The molecule has 3 nitrogen and oxygen atoms in total. The third kappa shape index (κ3) is 3.58. The number of hydrogen-bond donors (Lipinski definition) is 1.